The summed E-state index contributed by atoms with van der Waals surface area (Å²) in [5, 5.41) is 16.8. The molecular formula is C20H19ClFN3O2. The second-order valence-electron chi connectivity index (χ2n) is 7.66. The summed E-state index contributed by atoms with van der Waals surface area (Å²) in [5.41, 5.74) is -0.0734. The van der Waals surface area contributed by atoms with Crippen molar-refractivity contribution in [2.24, 2.45) is 13.0 Å². The van der Waals surface area contributed by atoms with Gasteiger partial charge in [0.25, 0.3) is 5.56 Å². The fourth-order valence-corrected chi connectivity index (χ4v) is 4.27. The van der Waals surface area contributed by atoms with Crippen LogP contribution in [0.2, 0.25) is 5.02 Å². The highest BCUT2D eigenvalue weighted by Gasteiger charge is 2.49. The number of fused-ring (bicyclic) bond motifs is 1. The van der Waals surface area contributed by atoms with Crippen LogP contribution >= 0.6 is 11.6 Å². The fourth-order valence-electron chi connectivity index (χ4n) is 4.09. The Bertz CT molecular complexity index is 1130. The molecule has 1 N–H and O–H groups in total. The number of halogens is 2. The van der Waals surface area contributed by atoms with Gasteiger partial charge in [-0.3, -0.25) is 9.48 Å². The SMILES string of the molecule is Cn1nc2c(=O)n(C3CC3)ccc2c1C(O)(c1ccc(F)c(Cl)c1)C1CC1. The van der Waals surface area contributed by atoms with E-state index in [1.165, 1.54) is 12.1 Å². The molecule has 0 aliphatic heterocycles. The van der Waals surface area contributed by atoms with Crippen LogP contribution in [0.25, 0.3) is 10.9 Å². The van der Waals surface area contributed by atoms with Crippen molar-refractivity contribution in [1.82, 2.24) is 14.3 Å². The maximum absolute atomic E-state index is 13.7. The third kappa shape index (κ3) is 2.47. The molecule has 0 spiro atoms. The maximum Gasteiger partial charge on any atom is 0.279 e. The molecule has 0 saturated heterocycles. The number of benzene rings is 1. The molecule has 0 amide bonds. The third-order valence-corrected chi connectivity index (χ3v) is 6.04. The minimum atomic E-state index is -1.38. The molecule has 2 heterocycles. The molecule has 3 aromatic rings. The molecule has 2 saturated carbocycles. The Kier molecular flexibility index (Phi) is 3.55. The van der Waals surface area contributed by atoms with Crippen molar-refractivity contribution < 1.29 is 9.50 Å². The first-order chi connectivity index (χ1) is 12.9. The summed E-state index contributed by atoms with van der Waals surface area (Å²) < 4.78 is 17.0. The summed E-state index contributed by atoms with van der Waals surface area (Å²) in [6.45, 7) is 0. The molecule has 2 aliphatic carbocycles. The van der Waals surface area contributed by atoms with Crippen molar-refractivity contribution in [2.45, 2.75) is 37.3 Å². The van der Waals surface area contributed by atoms with E-state index in [1.54, 1.807) is 28.6 Å². The number of aliphatic hydroxyl groups is 1. The topological polar surface area (TPSA) is 60.0 Å². The fraction of sp³-hybridized carbons (Fsp3) is 0.400. The van der Waals surface area contributed by atoms with Crippen molar-refractivity contribution in [2.75, 3.05) is 0 Å². The number of aromatic nitrogens is 3. The summed E-state index contributed by atoms with van der Waals surface area (Å²) in [6, 6.07) is 6.41. The van der Waals surface area contributed by atoms with Crippen LogP contribution in [0.3, 0.4) is 0 Å². The lowest BCUT2D eigenvalue weighted by Crippen LogP contribution is -2.33. The summed E-state index contributed by atoms with van der Waals surface area (Å²) in [5.74, 6) is -0.552. The number of aryl methyl sites for hydroxylation is 1. The zero-order valence-electron chi connectivity index (χ0n) is 14.8. The summed E-state index contributed by atoms with van der Waals surface area (Å²) in [4.78, 5) is 12.9. The molecule has 1 unspecified atom stereocenters. The summed E-state index contributed by atoms with van der Waals surface area (Å²) >= 11 is 5.99. The van der Waals surface area contributed by atoms with E-state index in [9.17, 15) is 14.3 Å². The molecule has 1 atom stereocenters. The Hall–Kier alpha value is -2.18. The van der Waals surface area contributed by atoms with Gasteiger partial charge in [0.2, 0.25) is 0 Å². The van der Waals surface area contributed by atoms with Gasteiger partial charge in [0.1, 0.15) is 11.4 Å². The Labute approximate surface area is 160 Å². The molecule has 5 rings (SSSR count). The van der Waals surface area contributed by atoms with Gasteiger partial charge in [0.05, 0.1) is 10.7 Å². The van der Waals surface area contributed by atoms with E-state index in [1.807, 2.05) is 6.07 Å². The third-order valence-electron chi connectivity index (χ3n) is 5.75. The van der Waals surface area contributed by atoms with Gasteiger partial charge in [-0.2, -0.15) is 5.10 Å². The van der Waals surface area contributed by atoms with E-state index >= 15 is 0 Å². The smallest absolute Gasteiger partial charge is 0.279 e. The lowest BCUT2D eigenvalue weighted by molar-refractivity contribution is 0.0494. The van der Waals surface area contributed by atoms with E-state index in [-0.39, 0.29) is 22.5 Å². The lowest BCUT2D eigenvalue weighted by Gasteiger charge is -2.30. The molecular weight excluding hydrogens is 369 g/mol. The van der Waals surface area contributed by atoms with Crippen molar-refractivity contribution in [1.29, 1.82) is 0 Å². The first-order valence-corrected chi connectivity index (χ1v) is 9.55. The molecule has 27 heavy (non-hydrogen) atoms. The number of hydrogen-bond acceptors (Lipinski definition) is 3. The molecule has 0 bridgehead atoms. The standard InChI is InChI=1S/C20H19ClFN3O2/c1-24-18(14-8-9-25(13-5-6-13)19(26)17(14)23-24)20(27,11-2-3-11)12-4-7-16(22)15(21)10-12/h4,7-11,13,27H,2-3,5-6H2,1H3. The van der Waals surface area contributed by atoms with Crippen LogP contribution in [0.1, 0.15) is 43.0 Å². The Morgan fingerprint density at radius 3 is 2.63 bits per heavy atom. The molecule has 0 radical (unpaired) electrons. The van der Waals surface area contributed by atoms with Gasteiger partial charge < -0.3 is 9.67 Å². The van der Waals surface area contributed by atoms with Crippen molar-refractivity contribution in [3.63, 3.8) is 0 Å². The van der Waals surface area contributed by atoms with Crippen LogP contribution in [-0.2, 0) is 12.6 Å². The first-order valence-electron chi connectivity index (χ1n) is 9.17. The summed E-state index contributed by atoms with van der Waals surface area (Å²) in [6.07, 6.45) is 5.49. The highest BCUT2D eigenvalue weighted by Crippen LogP contribution is 2.51. The quantitative estimate of drug-likeness (QED) is 0.745. The van der Waals surface area contributed by atoms with E-state index in [0.29, 0.717) is 22.2 Å². The van der Waals surface area contributed by atoms with Gasteiger partial charge in [0.15, 0.2) is 5.52 Å². The van der Waals surface area contributed by atoms with Crippen LogP contribution in [0, 0.1) is 11.7 Å². The molecule has 2 aromatic heterocycles. The molecule has 1 aromatic carbocycles. The molecule has 7 heteroatoms. The predicted octanol–water partition coefficient (Wildman–Crippen LogP) is 3.51. The lowest BCUT2D eigenvalue weighted by atomic mass is 9.84. The van der Waals surface area contributed by atoms with Crippen molar-refractivity contribution >= 4 is 22.5 Å². The molecule has 2 aliphatic rings. The van der Waals surface area contributed by atoms with Gasteiger partial charge in [-0.25, -0.2) is 4.39 Å². The largest absolute Gasteiger partial charge is 0.378 e. The van der Waals surface area contributed by atoms with Crippen LogP contribution in [0.15, 0.2) is 35.3 Å². The maximum atomic E-state index is 13.7. The van der Waals surface area contributed by atoms with Gasteiger partial charge >= 0.3 is 0 Å². The Morgan fingerprint density at radius 2 is 2.00 bits per heavy atom. The van der Waals surface area contributed by atoms with Crippen LogP contribution in [0.4, 0.5) is 4.39 Å². The summed E-state index contributed by atoms with van der Waals surface area (Å²) in [7, 11) is 1.73. The normalized spacial score (nSPS) is 19.4. The number of nitrogens with zero attached hydrogens (tertiary/aromatic N) is 3. The number of hydrogen-bond donors (Lipinski definition) is 1. The Morgan fingerprint density at radius 1 is 1.26 bits per heavy atom. The van der Waals surface area contributed by atoms with Gasteiger partial charge in [-0.1, -0.05) is 17.7 Å². The van der Waals surface area contributed by atoms with Crippen LogP contribution < -0.4 is 5.56 Å². The number of rotatable bonds is 4. The monoisotopic (exact) mass is 387 g/mol. The zero-order chi connectivity index (χ0) is 18.9. The van der Waals surface area contributed by atoms with E-state index in [4.69, 9.17) is 11.6 Å². The van der Waals surface area contributed by atoms with Gasteiger partial charge in [-0.05, 0) is 55.4 Å². The minimum Gasteiger partial charge on any atom is -0.378 e. The van der Waals surface area contributed by atoms with Crippen molar-refractivity contribution in [3.8, 4) is 0 Å². The zero-order valence-corrected chi connectivity index (χ0v) is 15.6. The van der Waals surface area contributed by atoms with E-state index < -0.39 is 11.4 Å². The predicted molar refractivity (Wildman–Crippen MR) is 100 cm³/mol. The van der Waals surface area contributed by atoms with E-state index in [2.05, 4.69) is 5.10 Å². The van der Waals surface area contributed by atoms with Gasteiger partial charge in [-0.15, -0.1) is 0 Å². The van der Waals surface area contributed by atoms with Crippen molar-refractivity contribution in [3.05, 3.63) is 62.9 Å². The van der Waals surface area contributed by atoms with E-state index in [0.717, 1.165) is 25.7 Å². The second kappa shape index (κ2) is 5.66. The Balaban J connectivity index is 1.76. The minimum absolute atomic E-state index is 0.0245. The molecule has 2 fully saturated rings. The highest BCUT2D eigenvalue weighted by atomic mass is 35.5. The second-order valence-corrected chi connectivity index (χ2v) is 8.07. The number of pyridine rings is 1. The highest BCUT2D eigenvalue weighted by molar-refractivity contribution is 6.30. The van der Waals surface area contributed by atoms with Crippen LogP contribution in [-0.4, -0.2) is 19.5 Å². The molecule has 5 nitrogen and oxygen atoms in total. The molecule has 140 valence electrons. The first kappa shape index (κ1) is 17.0. The average molecular weight is 388 g/mol. The van der Waals surface area contributed by atoms with Crippen LogP contribution in [0.5, 0.6) is 0 Å². The average Bonchev–Trinajstić information content (AvgIpc) is 3.53. The van der Waals surface area contributed by atoms with Gasteiger partial charge in [0, 0.05) is 24.7 Å².